The van der Waals surface area contributed by atoms with Crippen LogP contribution < -0.4 is 10.5 Å². The number of hydrogen-bond acceptors (Lipinski definition) is 3. The molecule has 92 valence electrons. The van der Waals surface area contributed by atoms with Crippen LogP contribution in [-0.2, 0) is 10.0 Å². The molecule has 3 N–H and O–H groups in total. The van der Waals surface area contributed by atoms with Gasteiger partial charge in [-0.25, -0.2) is 13.1 Å². The molecule has 0 aromatic heterocycles. The highest BCUT2D eigenvalue weighted by Crippen LogP contribution is 2.65. The van der Waals surface area contributed by atoms with Crippen molar-refractivity contribution in [3.05, 3.63) is 0 Å². The van der Waals surface area contributed by atoms with Crippen molar-refractivity contribution in [2.75, 3.05) is 6.54 Å². The van der Waals surface area contributed by atoms with Gasteiger partial charge in [0.15, 0.2) is 0 Å². The molecule has 0 heterocycles. The molecule has 0 radical (unpaired) electrons. The number of rotatable bonds is 4. The van der Waals surface area contributed by atoms with Crippen molar-refractivity contribution in [1.82, 2.24) is 4.72 Å². The Kier molecular flexibility index (Phi) is 2.36. The summed E-state index contributed by atoms with van der Waals surface area (Å²) >= 11 is 0. The Morgan fingerprint density at radius 1 is 1.31 bits per heavy atom. The van der Waals surface area contributed by atoms with Crippen LogP contribution in [0.5, 0.6) is 0 Å². The summed E-state index contributed by atoms with van der Waals surface area (Å²) in [5, 5.41) is -0.466. The number of nitrogens with one attached hydrogen (secondary N) is 1. The molecule has 0 aromatic carbocycles. The van der Waals surface area contributed by atoms with Gasteiger partial charge in [0.05, 0.1) is 5.25 Å². The highest BCUT2D eigenvalue weighted by molar-refractivity contribution is 7.90. The summed E-state index contributed by atoms with van der Waals surface area (Å²) in [5.74, 6) is 2.91. The maximum atomic E-state index is 11.9. The fourth-order valence-corrected chi connectivity index (χ4v) is 5.09. The Balaban J connectivity index is 1.66. The number of sulfonamides is 1. The third-order valence-corrected chi connectivity index (χ3v) is 6.75. The van der Waals surface area contributed by atoms with Crippen LogP contribution in [0.25, 0.3) is 0 Å². The summed E-state index contributed by atoms with van der Waals surface area (Å²) < 4.78 is 26.6. The lowest BCUT2D eigenvalue weighted by Crippen LogP contribution is -2.39. The summed E-state index contributed by atoms with van der Waals surface area (Å²) in [6, 6.07) is 0.241. The van der Waals surface area contributed by atoms with Gasteiger partial charge in [-0.3, -0.25) is 0 Å². The molecule has 5 unspecified atom stereocenters. The van der Waals surface area contributed by atoms with Crippen LogP contribution >= 0.6 is 0 Å². The second-order valence-corrected chi connectivity index (χ2v) is 7.85. The topological polar surface area (TPSA) is 72.2 Å². The first kappa shape index (κ1) is 11.0. The fourth-order valence-electron chi connectivity index (χ4n) is 3.92. The first-order valence-electron chi connectivity index (χ1n) is 6.26. The molecule has 0 spiro atoms. The van der Waals surface area contributed by atoms with Crippen LogP contribution in [0, 0.1) is 23.7 Å². The van der Waals surface area contributed by atoms with Crippen LogP contribution in [0.3, 0.4) is 0 Å². The van der Waals surface area contributed by atoms with E-state index in [9.17, 15) is 8.42 Å². The molecule has 16 heavy (non-hydrogen) atoms. The quantitative estimate of drug-likeness (QED) is 0.747. The maximum absolute atomic E-state index is 11.9. The van der Waals surface area contributed by atoms with E-state index >= 15 is 0 Å². The molecule has 3 aliphatic rings. The van der Waals surface area contributed by atoms with Gasteiger partial charge in [0.2, 0.25) is 10.0 Å². The minimum Gasteiger partial charge on any atom is -0.329 e. The van der Waals surface area contributed by atoms with Crippen molar-refractivity contribution in [2.45, 2.75) is 37.5 Å². The standard InChI is InChI=1S/C11H20N2O2S/c1-6(5-12)16(14,15)13-11-9-7-2-3-8(4-7)10(9)11/h6-11,13H,2-5,12H2,1H3. The number of fused-ring (bicyclic) bond motifs is 5. The predicted octanol–water partition coefficient (Wildman–Crippen LogP) is 0.298. The predicted molar refractivity (Wildman–Crippen MR) is 62.2 cm³/mol. The van der Waals surface area contributed by atoms with Crippen LogP contribution in [0.15, 0.2) is 0 Å². The van der Waals surface area contributed by atoms with Gasteiger partial charge >= 0.3 is 0 Å². The molecule has 0 aliphatic heterocycles. The molecule has 0 amide bonds. The molecule has 0 saturated heterocycles. The summed E-state index contributed by atoms with van der Waals surface area (Å²) in [4.78, 5) is 0. The van der Waals surface area contributed by atoms with Crippen molar-refractivity contribution in [3.63, 3.8) is 0 Å². The first-order valence-corrected chi connectivity index (χ1v) is 7.80. The fraction of sp³-hybridized carbons (Fsp3) is 1.00. The second-order valence-electron chi connectivity index (χ2n) is 5.72. The highest BCUT2D eigenvalue weighted by Gasteiger charge is 2.65. The van der Waals surface area contributed by atoms with Crippen molar-refractivity contribution in [2.24, 2.45) is 29.4 Å². The summed E-state index contributed by atoms with van der Waals surface area (Å²) in [7, 11) is -3.18. The zero-order chi connectivity index (χ0) is 11.5. The number of nitrogens with two attached hydrogens (primary N) is 1. The first-order chi connectivity index (χ1) is 7.54. The zero-order valence-corrected chi connectivity index (χ0v) is 10.4. The summed E-state index contributed by atoms with van der Waals surface area (Å²) in [6.45, 7) is 1.87. The van der Waals surface area contributed by atoms with Crippen LogP contribution in [0.2, 0.25) is 0 Å². The third-order valence-electron chi connectivity index (χ3n) is 4.90. The van der Waals surface area contributed by atoms with Gasteiger partial charge in [0.25, 0.3) is 0 Å². The van der Waals surface area contributed by atoms with Crippen LogP contribution in [0.4, 0.5) is 0 Å². The van der Waals surface area contributed by atoms with E-state index in [1.54, 1.807) is 6.92 Å². The van der Waals surface area contributed by atoms with E-state index in [0.29, 0.717) is 11.8 Å². The van der Waals surface area contributed by atoms with Gasteiger partial charge in [-0.2, -0.15) is 0 Å². The lowest BCUT2D eigenvalue weighted by atomic mass is 10.0. The molecule has 3 fully saturated rings. The van der Waals surface area contributed by atoms with Gasteiger partial charge < -0.3 is 5.73 Å². The monoisotopic (exact) mass is 244 g/mol. The molecule has 3 rings (SSSR count). The van der Waals surface area contributed by atoms with E-state index < -0.39 is 15.3 Å². The number of hydrogen-bond donors (Lipinski definition) is 2. The largest absolute Gasteiger partial charge is 0.329 e. The summed E-state index contributed by atoms with van der Waals surface area (Å²) in [5.41, 5.74) is 5.42. The van der Waals surface area contributed by atoms with E-state index in [-0.39, 0.29) is 12.6 Å². The van der Waals surface area contributed by atoms with E-state index in [1.165, 1.54) is 19.3 Å². The molecule has 3 aliphatic carbocycles. The Morgan fingerprint density at radius 3 is 2.38 bits per heavy atom. The Bertz CT molecular complexity index is 379. The lowest BCUT2D eigenvalue weighted by Gasteiger charge is -2.14. The Labute approximate surface area is 97.0 Å². The molecule has 4 nitrogen and oxygen atoms in total. The zero-order valence-electron chi connectivity index (χ0n) is 9.59. The Morgan fingerprint density at radius 2 is 1.88 bits per heavy atom. The third kappa shape index (κ3) is 1.45. The minimum absolute atomic E-state index is 0.199. The van der Waals surface area contributed by atoms with Crippen molar-refractivity contribution in [1.29, 1.82) is 0 Å². The van der Waals surface area contributed by atoms with E-state index in [4.69, 9.17) is 5.73 Å². The van der Waals surface area contributed by atoms with E-state index in [2.05, 4.69) is 4.72 Å². The highest BCUT2D eigenvalue weighted by atomic mass is 32.2. The van der Waals surface area contributed by atoms with Gasteiger partial charge in [-0.05, 0) is 49.9 Å². The van der Waals surface area contributed by atoms with Gasteiger partial charge in [-0.1, -0.05) is 0 Å². The van der Waals surface area contributed by atoms with Crippen molar-refractivity contribution >= 4 is 10.0 Å². The van der Waals surface area contributed by atoms with Crippen LogP contribution in [0.1, 0.15) is 26.2 Å². The molecule has 2 bridgehead atoms. The smallest absolute Gasteiger partial charge is 0.215 e. The second kappa shape index (κ2) is 3.43. The molecular formula is C11H20N2O2S. The normalized spacial score (nSPS) is 46.8. The molecule has 0 aromatic rings. The molecule has 5 heteroatoms. The minimum atomic E-state index is -3.18. The average Bonchev–Trinajstić information content (AvgIpc) is 2.66. The molecule has 3 saturated carbocycles. The van der Waals surface area contributed by atoms with Gasteiger partial charge in [-0.15, -0.1) is 0 Å². The van der Waals surface area contributed by atoms with E-state index in [0.717, 1.165) is 11.8 Å². The van der Waals surface area contributed by atoms with Crippen molar-refractivity contribution in [3.8, 4) is 0 Å². The molecule has 5 atom stereocenters. The lowest BCUT2D eigenvalue weighted by molar-refractivity contribution is 0.456. The van der Waals surface area contributed by atoms with E-state index in [1.807, 2.05) is 0 Å². The molecular weight excluding hydrogens is 224 g/mol. The van der Waals surface area contributed by atoms with Crippen LogP contribution in [-0.4, -0.2) is 26.3 Å². The Hall–Kier alpha value is -0.130. The van der Waals surface area contributed by atoms with Crippen molar-refractivity contribution < 1.29 is 8.42 Å². The summed E-state index contributed by atoms with van der Waals surface area (Å²) in [6.07, 6.45) is 3.98. The maximum Gasteiger partial charge on any atom is 0.215 e. The SMILES string of the molecule is CC(CN)S(=O)(=O)NC1C2C3CCC(C3)C12. The van der Waals surface area contributed by atoms with Gasteiger partial charge in [0, 0.05) is 12.6 Å². The van der Waals surface area contributed by atoms with Gasteiger partial charge in [0.1, 0.15) is 0 Å². The average molecular weight is 244 g/mol.